The molecular formula is C35H24F6N6Pt. The third-order valence-corrected chi connectivity index (χ3v) is 8.40. The van der Waals surface area contributed by atoms with Crippen molar-refractivity contribution in [2.24, 2.45) is 0 Å². The van der Waals surface area contributed by atoms with Crippen molar-refractivity contribution in [2.45, 2.75) is 43.5 Å². The molecule has 2 aromatic carbocycles. The van der Waals surface area contributed by atoms with Crippen LogP contribution in [-0.4, -0.2) is 29.5 Å². The van der Waals surface area contributed by atoms with Crippen molar-refractivity contribution < 1.29 is 47.4 Å². The van der Waals surface area contributed by atoms with Crippen molar-refractivity contribution in [3.63, 3.8) is 0 Å². The zero-order valence-electron chi connectivity index (χ0n) is 24.8. The Labute approximate surface area is 285 Å². The number of benzene rings is 2. The molecule has 13 heteroatoms. The van der Waals surface area contributed by atoms with Crippen LogP contribution in [0.15, 0.2) is 97.1 Å². The summed E-state index contributed by atoms with van der Waals surface area (Å²) in [5.41, 5.74) is 0.648. The summed E-state index contributed by atoms with van der Waals surface area (Å²) in [5, 5.41) is 7.55. The molecule has 0 atom stereocenters. The van der Waals surface area contributed by atoms with E-state index in [4.69, 9.17) is 9.97 Å². The van der Waals surface area contributed by atoms with Crippen LogP contribution in [0.4, 0.5) is 26.3 Å². The van der Waals surface area contributed by atoms with Crippen LogP contribution in [0.1, 0.15) is 48.5 Å². The SMILES string of the molecule is FC(F)(F)c1c[c-]n(-c2nc(C3(c4ccc(-c5ccccc5)c(-n5[c-]cc(C(F)(F)F)n5)n4)CCCC3)ccc2-c2ccccc2)n1.[Pt+2]. The van der Waals surface area contributed by atoms with E-state index in [1.54, 1.807) is 12.1 Å². The van der Waals surface area contributed by atoms with Crippen LogP contribution in [-0.2, 0) is 38.8 Å². The van der Waals surface area contributed by atoms with Crippen LogP contribution >= 0.6 is 0 Å². The summed E-state index contributed by atoms with van der Waals surface area (Å²) < 4.78 is 83.3. The zero-order valence-corrected chi connectivity index (χ0v) is 27.1. The van der Waals surface area contributed by atoms with Crippen LogP contribution < -0.4 is 0 Å². The van der Waals surface area contributed by atoms with Crippen molar-refractivity contribution in [1.82, 2.24) is 29.5 Å². The number of alkyl halides is 6. The average molecular weight is 838 g/mol. The molecule has 1 saturated carbocycles. The Morgan fingerprint density at radius 2 is 0.958 bits per heavy atom. The monoisotopic (exact) mass is 837 g/mol. The van der Waals surface area contributed by atoms with E-state index in [1.165, 1.54) is 0 Å². The number of rotatable bonds is 6. The molecule has 0 amide bonds. The molecule has 4 heterocycles. The van der Waals surface area contributed by atoms with E-state index in [9.17, 15) is 26.3 Å². The molecule has 246 valence electrons. The predicted molar refractivity (Wildman–Crippen MR) is 161 cm³/mol. The smallest absolute Gasteiger partial charge is 0.343 e. The first kappa shape index (κ1) is 33.3. The first-order valence-corrected chi connectivity index (χ1v) is 14.8. The Balaban J connectivity index is 0.00000401. The molecule has 48 heavy (non-hydrogen) atoms. The third-order valence-electron chi connectivity index (χ3n) is 8.40. The average Bonchev–Trinajstić information content (AvgIpc) is 3.87. The second-order valence-corrected chi connectivity index (χ2v) is 11.3. The van der Waals surface area contributed by atoms with Gasteiger partial charge in [-0.1, -0.05) is 98.0 Å². The summed E-state index contributed by atoms with van der Waals surface area (Å²) in [6.07, 6.45) is -1.35. The van der Waals surface area contributed by atoms with Gasteiger partial charge in [0.05, 0.1) is 28.4 Å². The summed E-state index contributed by atoms with van der Waals surface area (Å²) in [4.78, 5) is 9.90. The maximum atomic E-state index is 13.6. The second-order valence-electron chi connectivity index (χ2n) is 11.3. The molecule has 0 unspecified atom stereocenters. The van der Waals surface area contributed by atoms with E-state index in [0.29, 0.717) is 35.4 Å². The van der Waals surface area contributed by atoms with Gasteiger partial charge in [-0.2, -0.15) is 26.3 Å². The molecule has 1 aliphatic carbocycles. The summed E-state index contributed by atoms with van der Waals surface area (Å²) in [6.45, 7) is 0. The summed E-state index contributed by atoms with van der Waals surface area (Å²) in [7, 11) is 0. The number of hydrogen-bond donors (Lipinski definition) is 0. The largest absolute Gasteiger partial charge is 2.00 e. The summed E-state index contributed by atoms with van der Waals surface area (Å²) >= 11 is 0. The molecule has 1 fully saturated rings. The van der Waals surface area contributed by atoms with E-state index >= 15 is 0 Å². The molecule has 7 rings (SSSR count). The van der Waals surface area contributed by atoms with Crippen molar-refractivity contribution in [3.05, 3.63) is 132 Å². The number of hydrogen-bond acceptors (Lipinski definition) is 4. The number of halogens is 6. The van der Waals surface area contributed by atoms with Gasteiger partial charge >= 0.3 is 33.4 Å². The Morgan fingerprint density at radius 1 is 0.562 bits per heavy atom. The molecule has 0 radical (unpaired) electrons. The fraction of sp³-hybridized carbons (Fsp3) is 0.200. The van der Waals surface area contributed by atoms with Gasteiger partial charge in [-0.25, -0.2) is 0 Å². The van der Waals surface area contributed by atoms with Gasteiger partial charge in [-0.05, 0) is 47.2 Å². The Bertz CT molecular complexity index is 1890. The van der Waals surface area contributed by atoms with Gasteiger partial charge in [0, 0.05) is 11.4 Å². The first-order valence-electron chi connectivity index (χ1n) is 14.8. The molecule has 0 saturated heterocycles. The maximum Gasteiger partial charge on any atom is 2.00 e. The Morgan fingerprint density at radius 3 is 1.31 bits per heavy atom. The van der Waals surface area contributed by atoms with Crippen molar-refractivity contribution in [1.29, 1.82) is 0 Å². The first-order chi connectivity index (χ1) is 22.5. The Hall–Kier alpha value is -4.57. The summed E-state index contributed by atoms with van der Waals surface area (Å²) in [6, 6.07) is 27.0. The molecule has 4 aromatic heterocycles. The van der Waals surface area contributed by atoms with E-state index in [2.05, 4.69) is 22.6 Å². The quantitative estimate of drug-likeness (QED) is 0.125. The molecule has 0 aliphatic heterocycles. The van der Waals surface area contributed by atoms with Gasteiger partial charge in [0.1, 0.15) is 0 Å². The third kappa shape index (κ3) is 6.21. The minimum absolute atomic E-state index is 0. The molecular weight excluding hydrogens is 813 g/mol. The van der Waals surface area contributed by atoms with E-state index in [0.717, 1.165) is 45.5 Å². The molecule has 0 bridgehead atoms. The van der Waals surface area contributed by atoms with E-state index in [1.807, 2.05) is 72.8 Å². The minimum Gasteiger partial charge on any atom is -0.343 e. The fourth-order valence-corrected chi connectivity index (χ4v) is 6.13. The van der Waals surface area contributed by atoms with E-state index < -0.39 is 29.2 Å². The van der Waals surface area contributed by atoms with Gasteiger partial charge in [-0.3, -0.25) is 20.2 Å². The number of nitrogens with zero attached hydrogens (tertiary/aromatic N) is 6. The van der Waals surface area contributed by atoms with Gasteiger partial charge in [0.2, 0.25) is 0 Å². The van der Waals surface area contributed by atoms with Crippen LogP contribution in [0.25, 0.3) is 33.9 Å². The Kier molecular flexibility index (Phi) is 8.89. The summed E-state index contributed by atoms with van der Waals surface area (Å²) in [5.74, 6) is 0.318. The standard InChI is InChI=1S/C35H24F6N6.Pt/c36-34(37,38)29-17-21-46(44-29)31-25(23-9-3-1-4-10-23)13-15-27(42-31)33(19-7-8-20-33)28-16-14-26(24-11-5-2-6-12-24)32(43-28)47-22-18-30(45-47)35(39,40)41;/h1-6,9-18H,7-8,19-20H2;/q-2;+2. The van der Waals surface area contributed by atoms with Gasteiger partial charge < -0.3 is 9.36 Å². The topological polar surface area (TPSA) is 61.4 Å². The van der Waals surface area contributed by atoms with Crippen LogP contribution in [0.3, 0.4) is 0 Å². The number of aromatic nitrogens is 6. The maximum absolute atomic E-state index is 13.6. The van der Waals surface area contributed by atoms with Crippen molar-refractivity contribution >= 4 is 0 Å². The zero-order chi connectivity index (χ0) is 32.8. The molecule has 6 nitrogen and oxygen atoms in total. The van der Waals surface area contributed by atoms with Gasteiger partial charge in [0.15, 0.2) is 0 Å². The molecule has 1 aliphatic rings. The molecule has 0 spiro atoms. The second kappa shape index (κ2) is 12.8. The van der Waals surface area contributed by atoms with Crippen molar-refractivity contribution in [3.8, 4) is 33.9 Å². The number of pyridine rings is 2. The normalized spacial score (nSPS) is 14.5. The minimum atomic E-state index is -4.67. The van der Waals surface area contributed by atoms with Gasteiger partial charge in [-0.15, -0.1) is 12.1 Å². The molecule has 6 aromatic rings. The van der Waals surface area contributed by atoms with Crippen LogP contribution in [0, 0.1) is 12.4 Å². The fourth-order valence-electron chi connectivity index (χ4n) is 6.13. The van der Waals surface area contributed by atoms with E-state index in [-0.39, 0.29) is 32.7 Å². The predicted octanol–water partition coefficient (Wildman–Crippen LogP) is 8.68. The van der Waals surface area contributed by atoms with Gasteiger partial charge in [0.25, 0.3) is 0 Å². The van der Waals surface area contributed by atoms with Crippen molar-refractivity contribution in [2.75, 3.05) is 0 Å². The van der Waals surface area contributed by atoms with Crippen LogP contribution in [0.5, 0.6) is 0 Å². The van der Waals surface area contributed by atoms with Crippen LogP contribution in [0.2, 0.25) is 0 Å². The molecule has 0 N–H and O–H groups in total.